The molecule has 0 aliphatic carbocycles. The second-order valence-electron chi connectivity index (χ2n) is 5.27. The van der Waals surface area contributed by atoms with Gasteiger partial charge in [0.25, 0.3) is 0 Å². The summed E-state index contributed by atoms with van der Waals surface area (Å²) >= 11 is 0. The highest BCUT2D eigenvalue weighted by Crippen LogP contribution is 2.33. The van der Waals surface area contributed by atoms with Crippen molar-refractivity contribution in [1.82, 2.24) is 0 Å². The van der Waals surface area contributed by atoms with E-state index in [9.17, 15) is 0 Å². The van der Waals surface area contributed by atoms with Crippen LogP contribution in [0.1, 0.15) is 33.4 Å². The summed E-state index contributed by atoms with van der Waals surface area (Å²) < 4.78 is 0. The molecule has 20 heavy (non-hydrogen) atoms. The Morgan fingerprint density at radius 1 is 0.850 bits per heavy atom. The predicted molar refractivity (Wildman–Crippen MR) is 86.6 cm³/mol. The molecular formula is C17H21N3. The van der Waals surface area contributed by atoms with Crippen LogP contribution in [0.3, 0.4) is 0 Å². The van der Waals surface area contributed by atoms with Gasteiger partial charge in [0.15, 0.2) is 0 Å². The van der Waals surface area contributed by atoms with Gasteiger partial charge in [0, 0.05) is 11.1 Å². The number of anilines is 2. The molecule has 2 aromatic rings. The first-order valence-corrected chi connectivity index (χ1v) is 6.65. The van der Waals surface area contributed by atoms with E-state index < -0.39 is 0 Å². The molecule has 0 aliphatic heterocycles. The van der Waals surface area contributed by atoms with Crippen LogP contribution >= 0.6 is 0 Å². The quantitative estimate of drug-likeness (QED) is 0.575. The fourth-order valence-corrected chi connectivity index (χ4v) is 2.52. The molecular weight excluding hydrogens is 246 g/mol. The molecule has 0 bridgehead atoms. The fourth-order valence-electron chi connectivity index (χ4n) is 2.52. The topological polar surface area (TPSA) is 75.9 Å². The molecule has 0 amide bonds. The summed E-state index contributed by atoms with van der Waals surface area (Å²) in [5, 5.41) is 8.52. The summed E-state index contributed by atoms with van der Waals surface area (Å²) in [6.07, 6.45) is 0. The van der Waals surface area contributed by atoms with Crippen LogP contribution in [0.5, 0.6) is 0 Å². The van der Waals surface area contributed by atoms with Crippen LogP contribution in [0, 0.1) is 33.1 Å². The van der Waals surface area contributed by atoms with Crippen LogP contribution in [-0.2, 0) is 0 Å². The van der Waals surface area contributed by atoms with Crippen molar-refractivity contribution in [2.45, 2.75) is 27.7 Å². The lowest BCUT2D eigenvalue weighted by Crippen LogP contribution is -2.13. The van der Waals surface area contributed by atoms with Crippen LogP contribution in [-0.4, -0.2) is 5.71 Å². The van der Waals surface area contributed by atoms with Gasteiger partial charge in [-0.1, -0.05) is 24.3 Å². The van der Waals surface area contributed by atoms with Crippen LogP contribution < -0.4 is 11.5 Å². The Hall–Kier alpha value is -2.29. The summed E-state index contributed by atoms with van der Waals surface area (Å²) in [6, 6.07) is 7.85. The number of nitrogen functional groups attached to an aromatic ring is 2. The van der Waals surface area contributed by atoms with E-state index in [1.807, 2.05) is 52.0 Å². The number of aryl methyl sites for hydroxylation is 1. The lowest BCUT2D eigenvalue weighted by atomic mass is 9.89. The van der Waals surface area contributed by atoms with Crippen molar-refractivity contribution in [1.29, 1.82) is 5.41 Å². The summed E-state index contributed by atoms with van der Waals surface area (Å²) in [6.45, 7) is 7.99. The highest BCUT2D eigenvalue weighted by Gasteiger charge is 2.18. The first kappa shape index (κ1) is 14.1. The monoisotopic (exact) mass is 267 g/mol. The summed E-state index contributed by atoms with van der Waals surface area (Å²) in [4.78, 5) is 0. The summed E-state index contributed by atoms with van der Waals surface area (Å²) in [7, 11) is 0. The summed E-state index contributed by atoms with van der Waals surface area (Å²) in [5.74, 6) is 0. The Bertz CT molecular complexity index is 671. The molecule has 0 atom stereocenters. The predicted octanol–water partition coefficient (Wildman–Crippen LogP) is 3.50. The molecule has 0 spiro atoms. The number of nitrogens with two attached hydrogens (primary N) is 2. The maximum absolute atomic E-state index is 8.52. The van der Waals surface area contributed by atoms with E-state index >= 15 is 0 Å². The van der Waals surface area contributed by atoms with Gasteiger partial charge in [-0.2, -0.15) is 0 Å². The van der Waals surface area contributed by atoms with E-state index in [0.29, 0.717) is 17.1 Å². The van der Waals surface area contributed by atoms with E-state index in [1.54, 1.807) is 0 Å². The van der Waals surface area contributed by atoms with Crippen molar-refractivity contribution in [3.63, 3.8) is 0 Å². The molecule has 0 radical (unpaired) electrons. The molecule has 0 unspecified atom stereocenters. The van der Waals surface area contributed by atoms with Gasteiger partial charge in [-0.05, 0) is 49.9 Å². The van der Waals surface area contributed by atoms with Gasteiger partial charge in [-0.3, -0.25) is 5.41 Å². The number of rotatable bonds is 2. The van der Waals surface area contributed by atoms with Gasteiger partial charge in [-0.15, -0.1) is 0 Å². The number of benzene rings is 2. The Labute approximate surface area is 120 Å². The van der Waals surface area contributed by atoms with Gasteiger partial charge in [-0.25, -0.2) is 0 Å². The molecule has 5 N–H and O–H groups in total. The molecule has 104 valence electrons. The molecule has 0 saturated heterocycles. The molecule has 0 saturated carbocycles. The Balaban J connectivity index is 2.71. The molecule has 0 aromatic heterocycles. The molecule has 0 fully saturated rings. The smallest absolute Gasteiger partial charge is 0.0711 e. The van der Waals surface area contributed by atoms with Crippen molar-refractivity contribution in [2.24, 2.45) is 0 Å². The molecule has 0 heterocycles. The maximum Gasteiger partial charge on any atom is 0.0711 e. The molecule has 2 rings (SSSR count). The van der Waals surface area contributed by atoms with Crippen LogP contribution in [0.2, 0.25) is 0 Å². The largest absolute Gasteiger partial charge is 0.397 e. The zero-order valence-corrected chi connectivity index (χ0v) is 12.5. The normalized spacial score (nSPS) is 10.6. The average Bonchev–Trinajstić information content (AvgIpc) is 2.43. The lowest BCUT2D eigenvalue weighted by molar-refractivity contribution is 1.25. The molecule has 2 aromatic carbocycles. The van der Waals surface area contributed by atoms with Crippen LogP contribution in [0.4, 0.5) is 11.4 Å². The maximum atomic E-state index is 8.52. The molecule has 0 aliphatic rings. The van der Waals surface area contributed by atoms with Crippen molar-refractivity contribution in [3.05, 3.63) is 57.6 Å². The third-order valence-electron chi connectivity index (χ3n) is 4.13. The van der Waals surface area contributed by atoms with E-state index in [2.05, 4.69) is 0 Å². The SMILES string of the molecule is Cc1ccccc1C(=N)c1c(C)c(C)c(C)c(N)c1N. The first-order valence-electron chi connectivity index (χ1n) is 6.65. The van der Waals surface area contributed by atoms with Gasteiger partial charge in [0.05, 0.1) is 17.1 Å². The highest BCUT2D eigenvalue weighted by atomic mass is 14.7. The zero-order valence-electron chi connectivity index (χ0n) is 12.5. The number of nitrogens with one attached hydrogen (secondary N) is 1. The van der Waals surface area contributed by atoms with Crippen molar-refractivity contribution < 1.29 is 0 Å². The third-order valence-corrected chi connectivity index (χ3v) is 4.13. The van der Waals surface area contributed by atoms with Gasteiger partial charge in [0.1, 0.15) is 0 Å². The van der Waals surface area contributed by atoms with Crippen LogP contribution in [0.25, 0.3) is 0 Å². The standard InChI is InChI=1S/C17H21N3/c1-9-7-5-6-8-13(9)16(19)14-11(3)10(2)12(4)15(18)17(14)20/h5-8,19H,18,20H2,1-4H3. The highest BCUT2D eigenvalue weighted by molar-refractivity contribution is 6.17. The van der Waals surface area contributed by atoms with E-state index in [0.717, 1.165) is 33.4 Å². The zero-order chi connectivity index (χ0) is 15.0. The molecule has 3 heteroatoms. The van der Waals surface area contributed by atoms with E-state index in [1.165, 1.54) is 0 Å². The van der Waals surface area contributed by atoms with Gasteiger partial charge >= 0.3 is 0 Å². The lowest BCUT2D eigenvalue weighted by Gasteiger charge is -2.19. The molecule has 3 nitrogen and oxygen atoms in total. The minimum absolute atomic E-state index is 0.438. The summed E-state index contributed by atoms with van der Waals surface area (Å²) in [5.41, 5.74) is 19.6. The second kappa shape index (κ2) is 5.00. The van der Waals surface area contributed by atoms with E-state index in [4.69, 9.17) is 16.9 Å². The Kier molecular flexibility index (Phi) is 3.53. The number of hydrogen-bond acceptors (Lipinski definition) is 3. The van der Waals surface area contributed by atoms with Gasteiger partial charge < -0.3 is 11.5 Å². The number of hydrogen-bond donors (Lipinski definition) is 3. The van der Waals surface area contributed by atoms with Crippen LogP contribution in [0.15, 0.2) is 24.3 Å². The minimum atomic E-state index is 0.438. The fraction of sp³-hybridized carbons (Fsp3) is 0.235. The first-order chi connectivity index (χ1) is 9.36. The van der Waals surface area contributed by atoms with E-state index in [-0.39, 0.29) is 0 Å². The van der Waals surface area contributed by atoms with Crippen molar-refractivity contribution in [3.8, 4) is 0 Å². The van der Waals surface area contributed by atoms with Crippen molar-refractivity contribution in [2.75, 3.05) is 11.5 Å². The second-order valence-corrected chi connectivity index (χ2v) is 5.27. The average molecular weight is 267 g/mol. The van der Waals surface area contributed by atoms with Crippen molar-refractivity contribution >= 4 is 17.1 Å². The minimum Gasteiger partial charge on any atom is -0.397 e. The Morgan fingerprint density at radius 2 is 1.45 bits per heavy atom. The third kappa shape index (κ3) is 2.05. The Morgan fingerprint density at radius 3 is 2.05 bits per heavy atom. The van der Waals surface area contributed by atoms with Gasteiger partial charge in [0.2, 0.25) is 0 Å².